The van der Waals surface area contributed by atoms with Crippen molar-refractivity contribution < 1.29 is 28.7 Å². The maximum absolute atomic E-state index is 13.0. The molecule has 3 atom stereocenters. The van der Waals surface area contributed by atoms with Crippen LogP contribution in [0.3, 0.4) is 0 Å². The van der Waals surface area contributed by atoms with Gasteiger partial charge in [-0.1, -0.05) is 78.8 Å². The Labute approximate surface area is 231 Å². The molecule has 0 aromatic heterocycles. The average Bonchev–Trinajstić information content (AvgIpc) is 2.87. The number of allylic oxidation sites excluding steroid dienone is 1. The van der Waals surface area contributed by atoms with Crippen LogP contribution in [0.1, 0.15) is 39.2 Å². The summed E-state index contributed by atoms with van der Waals surface area (Å²) in [5.74, 6) is -1.06. The van der Waals surface area contributed by atoms with Gasteiger partial charge in [0.05, 0.1) is 6.42 Å². The summed E-state index contributed by atoms with van der Waals surface area (Å²) in [4.78, 5) is 63.7. The number of ether oxygens (including phenoxy) is 1. The minimum atomic E-state index is -1.07. The fraction of sp³-hybridized carbons (Fsp3) is 0.500. The molecule has 0 radical (unpaired) electrons. The van der Waals surface area contributed by atoms with Crippen LogP contribution in [0.5, 0.6) is 0 Å². The van der Waals surface area contributed by atoms with Crippen LogP contribution >= 0.6 is 21.6 Å². The van der Waals surface area contributed by atoms with E-state index in [0.717, 1.165) is 17.1 Å². The zero-order chi connectivity index (χ0) is 27.9. The highest BCUT2D eigenvalue weighted by molar-refractivity contribution is 8.76. The molecule has 1 aromatic rings. The summed E-state index contributed by atoms with van der Waals surface area (Å²) < 4.78 is 5.47. The van der Waals surface area contributed by atoms with Crippen LogP contribution in [0, 0.1) is 5.92 Å². The lowest BCUT2D eigenvalue weighted by Crippen LogP contribution is -2.56. The molecule has 1 unspecified atom stereocenters. The summed E-state index contributed by atoms with van der Waals surface area (Å²) in [5.41, 5.74) is 0.774. The number of cyclic esters (lactones) is 1. The number of carbonyl (C=O) groups is 5. The Morgan fingerprint density at radius 1 is 1.03 bits per heavy atom. The highest BCUT2D eigenvalue weighted by atomic mass is 33.1. The number of amides is 5. The smallest absolute Gasteiger partial charge is 0.326 e. The molecular weight excluding hydrogens is 528 g/mol. The van der Waals surface area contributed by atoms with E-state index in [1.54, 1.807) is 65.8 Å². The molecule has 1 fully saturated rings. The van der Waals surface area contributed by atoms with Crippen LogP contribution in [0.4, 0.5) is 4.79 Å². The number of hydrogen-bond donors (Lipinski definition) is 4. The van der Waals surface area contributed by atoms with Gasteiger partial charge in [0.15, 0.2) is 0 Å². The fourth-order valence-corrected chi connectivity index (χ4v) is 5.20. The van der Waals surface area contributed by atoms with Crippen molar-refractivity contribution in [2.45, 2.75) is 58.2 Å². The van der Waals surface area contributed by atoms with Crippen molar-refractivity contribution in [1.29, 1.82) is 0 Å². The van der Waals surface area contributed by atoms with E-state index in [0.29, 0.717) is 6.42 Å². The molecule has 1 aliphatic heterocycles. The Kier molecular flexibility index (Phi) is 13.8. The lowest BCUT2D eigenvalue weighted by atomic mass is 10.0. The van der Waals surface area contributed by atoms with Crippen LogP contribution in [-0.2, 0) is 30.3 Å². The van der Waals surface area contributed by atoms with Gasteiger partial charge in [0.25, 0.3) is 5.91 Å². The first-order valence-electron chi connectivity index (χ1n) is 12.5. The normalized spacial score (nSPS) is 22.1. The van der Waals surface area contributed by atoms with Gasteiger partial charge in [-0.3, -0.25) is 24.5 Å². The predicted octanol–water partition coefficient (Wildman–Crippen LogP) is 2.34. The molecule has 1 aliphatic rings. The summed E-state index contributed by atoms with van der Waals surface area (Å²) in [6, 6.07) is 6.08. The molecule has 0 saturated carbocycles. The van der Waals surface area contributed by atoms with Gasteiger partial charge in [-0.15, -0.1) is 0 Å². The van der Waals surface area contributed by atoms with E-state index in [-0.39, 0.29) is 18.8 Å². The van der Waals surface area contributed by atoms with Crippen molar-refractivity contribution in [2.24, 2.45) is 5.92 Å². The van der Waals surface area contributed by atoms with Crippen molar-refractivity contribution in [2.75, 3.05) is 18.1 Å². The highest BCUT2D eigenvalue weighted by Crippen LogP contribution is 2.21. The third-order valence-electron chi connectivity index (χ3n) is 5.40. The van der Waals surface area contributed by atoms with E-state index in [4.69, 9.17) is 4.74 Å². The first-order valence-corrected chi connectivity index (χ1v) is 15.0. The van der Waals surface area contributed by atoms with Gasteiger partial charge in [0, 0.05) is 17.9 Å². The van der Waals surface area contributed by atoms with Crippen LogP contribution in [0.25, 0.3) is 0 Å². The molecule has 0 spiro atoms. The van der Waals surface area contributed by atoms with E-state index in [9.17, 15) is 24.0 Å². The SMILES string of the molecule is CCSSCC/C=C/C1CC(=O)N[C@H](Cc2ccccc2)C(=O)NC(=O)N[C@H](C(C)C)C(=O)NCC(=O)O1. The third-order valence-corrected chi connectivity index (χ3v) is 7.91. The van der Waals surface area contributed by atoms with Gasteiger partial charge in [-0.25, -0.2) is 4.79 Å². The standard InChI is InChI=1S/C26H36N4O6S2/c1-4-37-38-13-9-8-12-19-15-21(31)28-20(14-18-10-6-5-7-11-18)24(33)30-26(35)29-23(17(2)3)25(34)27-16-22(32)36-19/h5-8,10-12,17,19-20,23H,4,9,13-16H2,1-3H3,(H,27,34)(H,28,31)(H2,29,30,33,35)/b12-8+/t19?,20-,23-/m1/s1. The van der Waals surface area contributed by atoms with Gasteiger partial charge in [-0.2, -0.15) is 0 Å². The van der Waals surface area contributed by atoms with Crippen molar-refractivity contribution >= 4 is 51.3 Å². The van der Waals surface area contributed by atoms with E-state index >= 15 is 0 Å². The molecule has 0 aliphatic carbocycles. The van der Waals surface area contributed by atoms with E-state index in [1.165, 1.54) is 0 Å². The average molecular weight is 565 g/mol. The molecule has 0 bridgehead atoms. The molecule has 1 aromatic carbocycles. The molecule has 1 saturated heterocycles. The second-order valence-corrected chi connectivity index (χ2v) is 11.8. The van der Waals surface area contributed by atoms with Crippen molar-refractivity contribution in [1.82, 2.24) is 21.3 Å². The van der Waals surface area contributed by atoms with Crippen LogP contribution in [-0.4, -0.2) is 66.0 Å². The highest BCUT2D eigenvalue weighted by Gasteiger charge is 2.29. The molecule has 38 heavy (non-hydrogen) atoms. The monoisotopic (exact) mass is 564 g/mol. The summed E-state index contributed by atoms with van der Waals surface area (Å²) in [5, 5.41) is 9.82. The van der Waals surface area contributed by atoms with E-state index in [2.05, 4.69) is 28.2 Å². The number of rotatable bonds is 9. The number of benzene rings is 1. The molecule has 1 heterocycles. The first kappa shape index (κ1) is 31.2. The van der Waals surface area contributed by atoms with E-state index < -0.39 is 54.5 Å². The third kappa shape index (κ3) is 11.6. The van der Waals surface area contributed by atoms with Gasteiger partial charge < -0.3 is 20.7 Å². The lowest BCUT2D eigenvalue weighted by Gasteiger charge is -2.22. The topological polar surface area (TPSA) is 143 Å². The Balaban J connectivity index is 2.26. The second-order valence-electron chi connectivity index (χ2n) is 8.89. The zero-order valence-electron chi connectivity index (χ0n) is 21.9. The predicted molar refractivity (Wildman–Crippen MR) is 149 cm³/mol. The van der Waals surface area contributed by atoms with Crippen LogP contribution in [0.2, 0.25) is 0 Å². The number of urea groups is 1. The Morgan fingerprint density at radius 2 is 1.76 bits per heavy atom. The van der Waals surface area contributed by atoms with Crippen LogP contribution < -0.4 is 21.3 Å². The Morgan fingerprint density at radius 3 is 2.45 bits per heavy atom. The molecule has 5 amide bonds. The lowest BCUT2D eigenvalue weighted by molar-refractivity contribution is -0.148. The Hall–Kier alpha value is -2.99. The summed E-state index contributed by atoms with van der Waals surface area (Å²) in [7, 11) is 3.47. The van der Waals surface area contributed by atoms with Gasteiger partial charge in [0.2, 0.25) is 11.8 Å². The molecule has 208 valence electrons. The molecular formula is C26H36N4O6S2. The zero-order valence-corrected chi connectivity index (χ0v) is 23.5. The summed E-state index contributed by atoms with van der Waals surface area (Å²) >= 11 is 0. The number of nitrogens with one attached hydrogen (secondary N) is 4. The summed E-state index contributed by atoms with van der Waals surface area (Å²) in [6.07, 6.45) is 3.20. The fourth-order valence-electron chi connectivity index (χ4n) is 3.54. The maximum Gasteiger partial charge on any atom is 0.326 e. The molecule has 2 rings (SSSR count). The minimum absolute atomic E-state index is 0.131. The van der Waals surface area contributed by atoms with Crippen molar-refractivity contribution in [3.63, 3.8) is 0 Å². The molecule has 12 heteroatoms. The molecule has 4 N–H and O–H groups in total. The van der Waals surface area contributed by atoms with Gasteiger partial charge in [0.1, 0.15) is 24.7 Å². The maximum atomic E-state index is 13.0. The quantitative estimate of drug-likeness (QED) is 0.155. The van der Waals surface area contributed by atoms with Crippen molar-refractivity contribution in [3.05, 3.63) is 48.0 Å². The van der Waals surface area contributed by atoms with Gasteiger partial charge >= 0.3 is 12.0 Å². The first-order chi connectivity index (χ1) is 18.2. The molecule has 10 nitrogen and oxygen atoms in total. The number of hydrogen-bond acceptors (Lipinski definition) is 8. The minimum Gasteiger partial charge on any atom is -0.456 e. The Bertz CT molecular complexity index is 989. The second kappa shape index (κ2) is 16.8. The number of esters is 1. The van der Waals surface area contributed by atoms with Gasteiger partial charge in [-0.05, 0) is 24.0 Å². The van der Waals surface area contributed by atoms with E-state index in [1.807, 2.05) is 12.1 Å². The van der Waals surface area contributed by atoms with Crippen LogP contribution in [0.15, 0.2) is 42.5 Å². The number of imide groups is 1. The number of carbonyl (C=O) groups excluding carboxylic acids is 5. The van der Waals surface area contributed by atoms with Crippen molar-refractivity contribution in [3.8, 4) is 0 Å². The summed E-state index contributed by atoms with van der Waals surface area (Å²) in [6.45, 7) is 5.07. The largest absolute Gasteiger partial charge is 0.456 e.